The molecule has 25 heavy (non-hydrogen) atoms. The minimum absolute atomic E-state index is 0.0954. The van der Waals surface area contributed by atoms with Gasteiger partial charge in [0.15, 0.2) is 6.61 Å². The first-order valence-corrected chi connectivity index (χ1v) is 8.19. The molecule has 136 valence electrons. The van der Waals surface area contributed by atoms with E-state index in [2.05, 4.69) is 19.7 Å². The zero-order valence-corrected chi connectivity index (χ0v) is 14.0. The first kappa shape index (κ1) is 19.1. The molecule has 0 aliphatic rings. The molecule has 1 heterocycles. The number of carbonyl (C=O) groups is 1. The van der Waals surface area contributed by atoms with E-state index in [9.17, 15) is 18.0 Å². The Kier molecular flexibility index (Phi) is 6.68. The van der Waals surface area contributed by atoms with Crippen LogP contribution in [0.3, 0.4) is 0 Å². The van der Waals surface area contributed by atoms with Gasteiger partial charge in [0.25, 0.3) is 5.22 Å². The quantitative estimate of drug-likeness (QED) is 0.395. The number of hydrogen-bond acceptors (Lipinski definition) is 7. The van der Waals surface area contributed by atoms with Gasteiger partial charge in [-0.15, -0.1) is 10.2 Å². The summed E-state index contributed by atoms with van der Waals surface area (Å²) in [6.07, 6.45) is -3.46. The SMILES string of the molecule is COC(=O)CCCSc1nnc(-c2ccc(OCC(F)(F)F)cc2)o1. The lowest BCUT2D eigenvalue weighted by Crippen LogP contribution is -2.19. The van der Waals surface area contributed by atoms with Crippen molar-refractivity contribution in [1.82, 2.24) is 10.2 Å². The molecule has 6 nitrogen and oxygen atoms in total. The van der Waals surface area contributed by atoms with Gasteiger partial charge < -0.3 is 13.9 Å². The highest BCUT2D eigenvalue weighted by atomic mass is 32.2. The van der Waals surface area contributed by atoms with Crippen LogP contribution in [-0.2, 0) is 9.53 Å². The van der Waals surface area contributed by atoms with Crippen LogP contribution in [-0.4, -0.2) is 41.8 Å². The third-order valence-electron chi connectivity index (χ3n) is 2.89. The Labute approximate surface area is 145 Å². The number of methoxy groups -OCH3 is 1. The summed E-state index contributed by atoms with van der Waals surface area (Å²) in [4.78, 5) is 11.0. The fraction of sp³-hybridized carbons (Fsp3) is 0.400. The second-order valence-electron chi connectivity index (χ2n) is 4.83. The molecule has 0 amide bonds. The Hall–Kier alpha value is -2.23. The summed E-state index contributed by atoms with van der Waals surface area (Å²) in [5.41, 5.74) is 0.563. The molecule has 0 aliphatic carbocycles. The van der Waals surface area contributed by atoms with Crippen molar-refractivity contribution in [2.75, 3.05) is 19.5 Å². The molecule has 0 N–H and O–H groups in total. The van der Waals surface area contributed by atoms with Crippen LogP contribution in [0.2, 0.25) is 0 Å². The number of carbonyl (C=O) groups excluding carboxylic acids is 1. The Morgan fingerprint density at radius 1 is 1.24 bits per heavy atom. The number of hydrogen-bond donors (Lipinski definition) is 0. The summed E-state index contributed by atoms with van der Waals surface area (Å²) in [6, 6.07) is 5.86. The monoisotopic (exact) mass is 376 g/mol. The highest BCUT2D eigenvalue weighted by Crippen LogP contribution is 2.26. The van der Waals surface area contributed by atoms with Crippen LogP contribution in [0, 0.1) is 0 Å². The average Bonchev–Trinajstić information content (AvgIpc) is 3.05. The Bertz CT molecular complexity index is 689. The van der Waals surface area contributed by atoms with Crippen molar-refractivity contribution in [2.45, 2.75) is 24.2 Å². The molecule has 0 radical (unpaired) electrons. The van der Waals surface area contributed by atoms with Gasteiger partial charge in [-0.1, -0.05) is 11.8 Å². The van der Waals surface area contributed by atoms with Crippen molar-refractivity contribution in [2.24, 2.45) is 0 Å². The summed E-state index contributed by atoms with van der Waals surface area (Å²) >= 11 is 1.30. The second kappa shape index (κ2) is 8.75. The predicted octanol–water partition coefficient (Wildman–Crippen LogP) is 3.72. The van der Waals surface area contributed by atoms with Crippen LogP contribution in [0.1, 0.15) is 12.8 Å². The lowest BCUT2D eigenvalue weighted by Gasteiger charge is -2.08. The number of esters is 1. The van der Waals surface area contributed by atoms with Gasteiger partial charge >= 0.3 is 12.1 Å². The summed E-state index contributed by atoms with van der Waals surface area (Å²) in [5, 5.41) is 8.10. The molecule has 0 fully saturated rings. The van der Waals surface area contributed by atoms with Crippen molar-refractivity contribution in [3.8, 4) is 17.2 Å². The zero-order valence-electron chi connectivity index (χ0n) is 13.2. The number of nitrogens with zero attached hydrogens (tertiary/aromatic N) is 2. The van der Waals surface area contributed by atoms with Gasteiger partial charge in [-0.3, -0.25) is 4.79 Å². The van der Waals surface area contributed by atoms with Gasteiger partial charge in [0.05, 0.1) is 7.11 Å². The molecular weight excluding hydrogens is 361 g/mol. The highest BCUT2D eigenvalue weighted by molar-refractivity contribution is 7.99. The third-order valence-corrected chi connectivity index (χ3v) is 3.79. The fourth-order valence-corrected chi connectivity index (χ4v) is 2.42. The molecule has 0 aliphatic heterocycles. The minimum atomic E-state index is -4.38. The van der Waals surface area contributed by atoms with Gasteiger partial charge in [0.1, 0.15) is 5.75 Å². The molecule has 0 atom stereocenters. The van der Waals surface area contributed by atoms with Crippen molar-refractivity contribution >= 4 is 17.7 Å². The molecule has 0 unspecified atom stereocenters. The van der Waals surface area contributed by atoms with E-state index in [1.54, 1.807) is 0 Å². The third kappa shape index (κ3) is 6.65. The van der Waals surface area contributed by atoms with Crippen LogP contribution in [0.25, 0.3) is 11.5 Å². The average molecular weight is 376 g/mol. The van der Waals surface area contributed by atoms with E-state index in [1.165, 1.54) is 43.1 Å². The first-order chi connectivity index (χ1) is 11.9. The number of rotatable bonds is 8. The number of alkyl halides is 3. The van der Waals surface area contributed by atoms with Crippen molar-refractivity contribution in [1.29, 1.82) is 0 Å². The van der Waals surface area contributed by atoms with E-state index in [4.69, 9.17) is 4.42 Å². The summed E-state index contributed by atoms with van der Waals surface area (Å²) in [6.45, 7) is -1.35. The van der Waals surface area contributed by atoms with Crippen LogP contribution < -0.4 is 4.74 Å². The number of thioether (sulfide) groups is 1. The maximum absolute atomic E-state index is 12.1. The molecule has 1 aromatic carbocycles. The van der Waals surface area contributed by atoms with Gasteiger partial charge in [0, 0.05) is 17.7 Å². The highest BCUT2D eigenvalue weighted by Gasteiger charge is 2.28. The van der Waals surface area contributed by atoms with Gasteiger partial charge in [-0.25, -0.2) is 0 Å². The molecule has 0 saturated carbocycles. The van der Waals surface area contributed by atoms with Crippen LogP contribution in [0.15, 0.2) is 33.9 Å². The van der Waals surface area contributed by atoms with E-state index in [-0.39, 0.29) is 17.6 Å². The van der Waals surface area contributed by atoms with E-state index in [0.717, 1.165) is 0 Å². The smallest absolute Gasteiger partial charge is 0.422 e. The first-order valence-electron chi connectivity index (χ1n) is 7.20. The molecule has 1 aromatic heterocycles. The van der Waals surface area contributed by atoms with Gasteiger partial charge in [-0.05, 0) is 30.7 Å². The molecular formula is C15H15F3N2O4S. The van der Waals surface area contributed by atoms with Gasteiger partial charge in [-0.2, -0.15) is 13.2 Å². The topological polar surface area (TPSA) is 74.5 Å². The molecule has 2 aromatic rings. The summed E-state index contributed by atoms with van der Waals surface area (Å²) < 4.78 is 50.9. The number of aromatic nitrogens is 2. The van der Waals surface area contributed by atoms with Crippen molar-refractivity contribution in [3.05, 3.63) is 24.3 Å². The normalized spacial score (nSPS) is 11.4. The molecule has 0 spiro atoms. The maximum Gasteiger partial charge on any atom is 0.422 e. The van der Waals surface area contributed by atoms with Crippen LogP contribution in [0.4, 0.5) is 13.2 Å². The largest absolute Gasteiger partial charge is 0.484 e. The lowest BCUT2D eigenvalue weighted by molar-refractivity contribution is -0.153. The Morgan fingerprint density at radius 3 is 2.60 bits per heavy atom. The minimum Gasteiger partial charge on any atom is -0.484 e. The predicted molar refractivity (Wildman–Crippen MR) is 83.3 cm³/mol. The molecule has 0 saturated heterocycles. The van der Waals surface area contributed by atoms with E-state index in [1.807, 2.05) is 0 Å². The summed E-state index contributed by atoms with van der Waals surface area (Å²) in [7, 11) is 1.33. The zero-order chi connectivity index (χ0) is 18.3. The molecule has 10 heteroatoms. The van der Waals surface area contributed by atoms with E-state index < -0.39 is 12.8 Å². The van der Waals surface area contributed by atoms with E-state index >= 15 is 0 Å². The fourth-order valence-electron chi connectivity index (χ4n) is 1.72. The maximum atomic E-state index is 12.1. The standard InChI is InChI=1S/C15H15F3N2O4S/c1-22-12(21)3-2-8-25-14-20-19-13(24-14)10-4-6-11(7-5-10)23-9-15(16,17)18/h4-7H,2-3,8-9H2,1H3. The van der Waals surface area contributed by atoms with Crippen molar-refractivity contribution < 1.29 is 31.9 Å². The van der Waals surface area contributed by atoms with Gasteiger partial charge in [0.2, 0.25) is 5.89 Å². The van der Waals surface area contributed by atoms with Crippen molar-refractivity contribution in [3.63, 3.8) is 0 Å². The second-order valence-corrected chi connectivity index (χ2v) is 5.88. The molecule has 0 bridgehead atoms. The Morgan fingerprint density at radius 2 is 1.96 bits per heavy atom. The summed E-state index contributed by atoms with van der Waals surface area (Å²) in [5.74, 6) is 0.677. The van der Waals surface area contributed by atoms with Crippen LogP contribution in [0.5, 0.6) is 5.75 Å². The van der Waals surface area contributed by atoms with Crippen LogP contribution >= 0.6 is 11.8 Å². The number of halogens is 3. The number of ether oxygens (including phenoxy) is 2. The lowest BCUT2D eigenvalue weighted by atomic mass is 10.2. The number of benzene rings is 1. The van der Waals surface area contributed by atoms with E-state index in [0.29, 0.717) is 29.4 Å². The Balaban J connectivity index is 1.85. The molecule has 2 rings (SSSR count).